The molecule has 39 heavy (non-hydrogen) atoms. The highest BCUT2D eigenvalue weighted by atomic mass is 35.5. The summed E-state index contributed by atoms with van der Waals surface area (Å²) in [4.78, 5) is 32.3. The number of aryl methyl sites for hydroxylation is 2. The SMILES string of the molecule is CCC(C)(c1cc2c(Cl)c(C)nn2c(=O)n1Cc1ccccc1)N(CCCN(C)C)C(=O)c1cccc(C)c1. The van der Waals surface area contributed by atoms with Crippen molar-refractivity contribution < 1.29 is 4.79 Å². The van der Waals surface area contributed by atoms with E-state index in [0.29, 0.717) is 41.3 Å². The van der Waals surface area contributed by atoms with Crippen LogP contribution in [0, 0.1) is 13.8 Å². The van der Waals surface area contributed by atoms with Gasteiger partial charge in [-0.3, -0.25) is 9.36 Å². The lowest BCUT2D eigenvalue weighted by Crippen LogP contribution is -2.51. The number of hydrogen-bond donors (Lipinski definition) is 0. The second-order valence-corrected chi connectivity index (χ2v) is 11.1. The molecule has 7 nitrogen and oxygen atoms in total. The molecule has 8 heteroatoms. The van der Waals surface area contributed by atoms with Gasteiger partial charge >= 0.3 is 5.69 Å². The number of carbonyl (C=O) groups is 1. The van der Waals surface area contributed by atoms with Crippen molar-refractivity contribution >= 4 is 23.0 Å². The van der Waals surface area contributed by atoms with Gasteiger partial charge in [0.2, 0.25) is 0 Å². The number of fused-ring (bicyclic) bond motifs is 1. The smallest absolute Gasteiger partial charge is 0.328 e. The first-order chi connectivity index (χ1) is 18.6. The van der Waals surface area contributed by atoms with Crippen LogP contribution in [0.5, 0.6) is 0 Å². The predicted octanol–water partition coefficient (Wildman–Crippen LogP) is 5.53. The molecule has 2 aromatic carbocycles. The number of rotatable bonds is 10. The van der Waals surface area contributed by atoms with E-state index in [-0.39, 0.29) is 11.6 Å². The van der Waals surface area contributed by atoms with Crippen molar-refractivity contribution in [2.75, 3.05) is 27.2 Å². The minimum absolute atomic E-state index is 0.0591. The average Bonchev–Trinajstić information content (AvgIpc) is 3.21. The van der Waals surface area contributed by atoms with Gasteiger partial charge in [0, 0.05) is 12.1 Å². The molecule has 0 fully saturated rings. The highest BCUT2D eigenvalue weighted by Gasteiger charge is 2.39. The highest BCUT2D eigenvalue weighted by Crippen LogP contribution is 2.35. The van der Waals surface area contributed by atoms with E-state index in [1.54, 1.807) is 11.5 Å². The van der Waals surface area contributed by atoms with E-state index >= 15 is 0 Å². The summed E-state index contributed by atoms with van der Waals surface area (Å²) < 4.78 is 3.12. The van der Waals surface area contributed by atoms with Gasteiger partial charge in [-0.25, -0.2) is 4.79 Å². The first kappa shape index (κ1) is 28.6. The van der Waals surface area contributed by atoms with Crippen LogP contribution in [-0.2, 0) is 12.1 Å². The van der Waals surface area contributed by atoms with Gasteiger partial charge in [0.1, 0.15) is 0 Å². The topological polar surface area (TPSA) is 62.9 Å². The largest absolute Gasteiger partial charge is 0.349 e. The second-order valence-electron chi connectivity index (χ2n) is 10.7. The van der Waals surface area contributed by atoms with Crippen LogP contribution in [0.15, 0.2) is 65.5 Å². The van der Waals surface area contributed by atoms with Gasteiger partial charge in [-0.15, -0.1) is 0 Å². The first-order valence-corrected chi connectivity index (χ1v) is 13.8. The van der Waals surface area contributed by atoms with Crippen molar-refractivity contribution in [2.45, 2.75) is 52.6 Å². The van der Waals surface area contributed by atoms with Crippen molar-refractivity contribution in [3.63, 3.8) is 0 Å². The molecular weight excluding hydrogens is 510 g/mol. The zero-order valence-electron chi connectivity index (χ0n) is 23.7. The fraction of sp³-hybridized carbons (Fsp3) is 0.387. The van der Waals surface area contributed by atoms with Crippen LogP contribution in [0.3, 0.4) is 0 Å². The maximum absolute atomic E-state index is 14.2. The predicted molar refractivity (Wildman–Crippen MR) is 158 cm³/mol. The van der Waals surface area contributed by atoms with Crippen molar-refractivity contribution in [2.24, 2.45) is 0 Å². The number of nitrogens with zero attached hydrogens (tertiary/aromatic N) is 5. The van der Waals surface area contributed by atoms with Crippen LogP contribution in [-0.4, -0.2) is 57.1 Å². The van der Waals surface area contributed by atoms with Gasteiger partial charge in [0.15, 0.2) is 0 Å². The van der Waals surface area contributed by atoms with Crippen molar-refractivity contribution in [1.82, 2.24) is 24.0 Å². The molecule has 0 aliphatic rings. The summed E-state index contributed by atoms with van der Waals surface area (Å²) in [6.07, 6.45) is 1.39. The third-order valence-electron chi connectivity index (χ3n) is 7.51. The zero-order chi connectivity index (χ0) is 28.3. The Bertz CT molecular complexity index is 1530. The van der Waals surface area contributed by atoms with E-state index in [2.05, 4.69) is 23.8 Å². The molecule has 0 N–H and O–H groups in total. The normalized spacial score (nSPS) is 13.1. The van der Waals surface area contributed by atoms with Gasteiger partial charge in [0.25, 0.3) is 5.91 Å². The molecule has 4 rings (SSSR count). The minimum atomic E-state index is -0.801. The summed E-state index contributed by atoms with van der Waals surface area (Å²) in [7, 11) is 4.06. The number of aromatic nitrogens is 3. The molecular formula is C31H38ClN5O2. The Balaban J connectivity index is 1.95. The molecule has 0 spiro atoms. The van der Waals surface area contributed by atoms with E-state index in [9.17, 15) is 9.59 Å². The van der Waals surface area contributed by atoms with Gasteiger partial charge in [-0.1, -0.05) is 66.6 Å². The summed E-state index contributed by atoms with van der Waals surface area (Å²) in [5, 5.41) is 4.88. The zero-order valence-corrected chi connectivity index (χ0v) is 24.5. The van der Waals surface area contributed by atoms with Crippen LogP contribution in [0.1, 0.15) is 59.6 Å². The number of carbonyl (C=O) groups excluding carboxylic acids is 1. The Kier molecular flexibility index (Phi) is 8.62. The van der Waals surface area contributed by atoms with Crippen molar-refractivity contribution in [3.8, 4) is 0 Å². The summed E-state index contributed by atoms with van der Waals surface area (Å²) in [5.41, 5.74) is 3.44. The van der Waals surface area contributed by atoms with E-state index in [1.807, 2.05) is 86.6 Å². The molecule has 2 aromatic heterocycles. The molecule has 0 radical (unpaired) electrons. The van der Waals surface area contributed by atoms with E-state index < -0.39 is 5.54 Å². The van der Waals surface area contributed by atoms with Crippen molar-refractivity contribution in [1.29, 1.82) is 0 Å². The summed E-state index contributed by atoms with van der Waals surface area (Å²) in [6.45, 7) is 9.62. The molecule has 1 unspecified atom stereocenters. The molecule has 1 atom stereocenters. The Morgan fingerprint density at radius 2 is 1.74 bits per heavy atom. The van der Waals surface area contributed by atoms with Crippen LogP contribution < -0.4 is 5.69 Å². The lowest BCUT2D eigenvalue weighted by Gasteiger charge is -2.42. The quantitative estimate of drug-likeness (QED) is 0.262. The molecule has 0 bridgehead atoms. The lowest BCUT2D eigenvalue weighted by atomic mass is 9.89. The summed E-state index contributed by atoms with van der Waals surface area (Å²) in [5.74, 6) is -0.0591. The molecule has 1 amide bonds. The number of halogens is 1. The van der Waals surface area contributed by atoms with Crippen LogP contribution >= 0.6 is 11.6 Å². The fourth-order valence-electron chi connectivity index (χ4n) is 5.15. The molecule has 206 valence electrons. The van der Waals surface area contributed by atoms with Gasteiger partial charge in [-0.2, -0.15) is 9.61 Å². The summed E-state index contributed by atoms with van der Waals surface area (Å²) in [6, 6.07) is 19.5. The third-order valence-corrected chi connectivity index (χ3v) is 7.98. The Hall–Kier alpha value is -3.42. The summed E-state index contributed by atoms with van der Waals surface area (Å²) >= 11 is 6.65. The van der Waals surface area contributed by atoms with Gasteiger partial charge < -0.3 is 9.80 Å². The van der Waals surface area contributed by atoms with Crippen LogP contribution in [0.4, 0.5) is 0 Å². The minimum Gasteiger partial charge on any atom is -0.328 e. The number of amides is 1. The molecule has 0 aliphatic heterocycles. The number of benzene rings is 2. The average molecular weight is 548 g/mol. The highest BCUT2D eigenvalue weighted by molar-refractivity contribution is 6.34. The monoisotopic (exact) mass is 547 g/mol. The standard InChI is InChI=1S/C31H38ClN5O2/c1-7-31(4,36(18-12-17-34(5)6)29(38)25-16-11-13-22(2)19-25)27-20-26-28(32)23(3)33-37(26)30(39)35(27)21-24-14-9-8-10-15-24/h8-11,13-16,19-20H,7,12,17-18,21H2,1-6H3. The Morgan fingerprint density at radius 1 is 1.03 bits per heavy atom. The maximum atomic E-state index is 14.2. The maximum Gasteiger partial charge on any atom is 0.349 e. The molecule has 2 heterocycles. The Labute approximate surface area is 235 Å². The second kappa shape index (κ2) is 11.8. The lowest BCUT2D eigenvalue weighted by molar-refractivity contribution is 0.0453. The van der Waals surface area contributed by atoms with Crippen molar-refractivity contribution in [3.05, 3.63) is 104 Å². The van der Waals surface area contributed by atoms with E-state index in [4.69, 9.17) is 11.6 Å². The van der Waals surface area contributed by atoms with E-state index in [0.717, 1.165) is 29.8 Å². The Morgan fingerprint density at radius 3 is 2.38 bits per heavy atom. The van der Waals surface area contributed by atoms with Gasteiger partial charge in [0.05, 0.1) is 34.0 Å². The van der Waals surface area contributed by atoms with Crippen LogP contribution in [0.25, 0.3) is 5.52 Å². The van der Waals surface area contributed by atoms with E-state index in [1.165, 1.54) is 4.52 Å². The molecule has 0 aliphatic carbocycles. The van der Waals surface area contributed by atoms with Crippen LogP contribution in [0.2, 0.25) is 5.02 Å². The molecule has 0 saturated heterocycles. The molecule has 0 saturated carbocycles. The third kappa shape index (κ3) is 5.80. The number of hydrogen-bond acceptors (Lipinski definition) is 4. The fourth-order valence-corrected chi connectivity index (χ4v) is 5.32. The first-order valence-electron chi connectivity index (χ1n) is 13.4. The van der Waals surface area contributed by atoms with Gasteiger partial charge in [-0.05, 0) is 78.0 Å². The molecule has 4 aromatic rings.